The van der Waals surface area contributed by atoms with Gasteiger partial charge in [-0.3, -0.25) is 4.72 Å². The maximum absolute atomic E-state index is 14.4. The Balaban J connectivity index is 2.02. The predicted molar refractivity (Wildman–Crippen MR) is 108 cm³/mol. The first-order valence-corrected chi connectivity index (χ1v) is 11.1. The molecule has 2 aromatic carbocycles. The van der Waals surface area contributed by atoms with E-state index >= 15 is 0 Å². The molecule has 142 valence electrons. The largest absolute Gasteiger partial charge is 0.279 e. The van der Waals surface area contributed by atoms with Crippen LogP contribution in [0.5, 0.6) is 0 Å². The van der Waals surface area contributed by atoms with Crippen molar-refractivity contribution in [3.63, 3.8) is 0 Å². The molecule has 3 nitrogen and oxygen atoms in total. The third kappa shape index (κ3) is 4.46. The van der Waals surface area contributed by atoms with Crippen molar-refractivity contribution >= 4 is 49.6 Å². The molecule has 0 spiro atoms. The lowest BCUT2D eigenvalue weighted by molar-refractivity contribution is 0.500. The fourth-order valence-electron chi connectivity index (χ4n) is 2.47. The minimum absolute atomic E-state index is 0.0520. The molecular weight excluding hydrogens is 510 g/mol. The Bertz CT molecular complexity index is 1110. The molecule has 1 aromatic heterocycles. The number of sulfonamides is 1. The van der Waals surface area contributed by atoms with Crippen LogP contribution in [-0.2, 0) is 16.4 Å². The molecular formula is C18H13F3INO2S2. The van der Waals surface area contributed by atoms with E-state index in [9.17, 15) is 21.6 Å². The van der Waals surface area contributed by atoms with E-state index in [1.165, 1.54) is 18.2 Å². The SMILES string of the molecule is Cc1ccc(S(=O)(=O)Nc2ccc(F)c(F)c2Cc2ccc(I)cc2F)s1. The number of hydrogen-bond acceptors (Lipinski definition) is 3. The molecule has 0 fully saturated rings. The number of rotatable bonds is 5. The zero-order chi connectivity index (χ0) is 19.8. The number of hydrogen-bond donors (Lipinski definition) is 1. The highest BCUT2D eigenvalue weighted by Crippen LogP contribution is 2.29. The van der Waals surface area contributed by atoms with Gasteiger partial charge in [-0.2, -0.15) is 0 Å². The van der Waals surface area contributed by atoms with Crippen LogP contribution in [0.2, 0.25) is 0 Å². The van der Waals surface area contributed by atoms with E-state index in [1.807, 2.05) is 22.6 Å². The molecule has 0 radical (unpaired) electrons. The summed E-state index contributed by atoms with van der Waals surface area (Å²) in [5, 5.41) is 0. The summed E-state index contributed by atoms with van der Waals surface area (Å²) in [6, 6.07) is 9.41. The lowest BCUT2D eigenvalue weighted by atomic mass is 10.0. The van der Waals surface area contributed by atoms with Crippen molar-refractivity contribution in [1.82, 2.24) is 0 Å². The zero-order valence-electron chi connectivity index (χ0n) is 13.9. The van der Waals surface area contributed by atoms with Gasteiger partial charge in [0.2, 0.25) is 0 Å². The summed E-state index contributed by atoms with van der Waals surface area (Å²) < 4.78 is 70.4. The van der Waals surface area contributed by atoms with Gasteiger partial charge in [0.15, 0.2) is 11.6 Å². The molecule has 3 aromatic rings. The highest BCUT2D eigenvalue weighted by Gasteiger charge is 2.22. The Morgan fingerprint density at radius 2 is 1.78 bits per heavy atom. The van der Waals surface area contributed by atoms with Crippen LogP contribution in [0.3, 0.4) is 0 Å². The van der Waals surface area contributed by atoms with Crippen LogP contribution in [-0.4, -0.2) is 8.42 Å². The van der Waals surface area contributed by atoms with Gasteiger partial charge in [0.25, 0.3) is 10.0 Å². The topological polar surface area (TPSA) is 46.2 Å². The lowest BCUT2D eigenvalue weighted by Crippen LogP contribution is -2.14. The maximum atomic E-state index is 14.4. The fraction of sp³-hybridized carbons (Fsp3) is 0.111. The number of aryl methyl sites for hydroxylation is 1. The molecule has 0 aliphatic rings. The predicted octanol–water partition coefficient (Wildman–Crippen LogP) is 5.47. The first kappa shape index (κ1) is 20.2. The summed E-state index contributed by atoms with van der Waals surface area (Å²) in [7, 11) is -3.97. The summed E-state index contributed by atoms with van der Waals surface area (Å²) >= 11 is 2.99. The molecule has 0 saturated carbocycles. The van der Waals surface area contributed by atoms with Crippen LogP contribution >= 0.6 is 33.9 Å². The number of halogens is 4. The normalized spacial score (nSPS) is 11.6. The molecule has 0 aliphatic carbocycles. The summed E-state index contributed by atoms with van der Waals surface area (Å²) in [5.74, 6) is -2.92. The molecule has 1 heterocycles. The number of benzene rings is 2. The molecule has 27 heavy (non-hydrogen) atoms. The quantitative estimate of drug-likeness (QED) is 0.451. The van der Waals surface area contributed by atoms with Crippen LogP contribution in [0.1, 0.15) is 16.0 Å². The number of nitrogens with one attached hydrogen (secondary N) is 1. The van der Waals surface area contributed by atoms with Gasteiger partial charge in [-0.05, 0) is 71.5 Å². The average molecular weight is 523 g/mol. The molecule has 3 rings (SSSR count). The molecule has 0 saturated heterocycles. The molecule has 0 bridgehead atoms. The van der Waals surface area contributed by atoms with Crippen LogP contribution in [0, 0.1) is 27.9 Å². The standard InChI is InChI=1S/C18H13F3INO2S2/c1-10-2-7-17(26-10)27(24,25)23-16-6-5-14(19)18(21)13(16)8-11-3-4-12(22)9-15(11)20/h2-7,9,23H,8H2,1H3. The van der Waals surface area contributed by atoms with Gasteiger partial charge in [-0.25, -0.2) is 21.6 Å². The summed E-state index contributed by atoms with van der Waals surface area (Å²) in [6.07, 6.45) is -0.298. The van der Waals surface area contributed by atoms with E-state index in [1.54, 1.807) is 19.1 Å². The first-order valence-electron chi connectivity index (χ1n) is 7.67. The molecule has 0 atom stereocenters. The van der Waals surface area contributed by atoms with E-state index in [0.717, 1.165) is 28.3 Å². The highest BCUT2D eigenvalue weighted by atomic mass is 127. The summed E-state index contributed by atoms with van der Waals surface area (Å²) in [5.41, 5.74) is -0.253. The van der Waals surface area contributed by atoms with Crippen molar-refractivity contribution in [3.8, 4) is 0 Å². The van der Waals surface area contributed by atoms with E-state index in [-0.39, 0.29) is 27.4 Å². The van der Waals surface area contributed by atoms with Gasteiger partial charge >= 0.3 is 0 Å². The summed E-state index contributed by atoms with van der Waals surface area (Å²) in [6.45, 7) is 1.76. The number of thiophene rings is 1. The summed E-state index contributed by atoms with van der Waals surface area (Å²) in [4.78, 5) is 0.793. The highest BCUT2D eigenvalue weighted by molar-refractivity contribution is 14.1. The van der Waals surface area contributed by atoms with E-state index in [0.29, 0.717) is 3.57 Å². The Labute approximate surface area is 172 Å². The Morgan fingerprint density at radius 1 is 1.04 bits per heavy atom. The number of anilines is 1. The smallest absolute Gasteiger partial charge is 0.271 e. The Morgan fingerprint density at radius 3 is 2.41 bits per heavy atom. The van der Waals surface area contributed by atoms with Gasteiger partial charge in [-0.15, -0.1) is 11.3 Å². The van der Waals surface area contributed by atoms with Crippen molar-refractivity contribution in [3.05, 3.63) is 79.5 Å². The zero-order valence-corrected chi connectivity index (χ0v) is 17.7. The second kappa shape index (κ2) is 7.80. The minimum Gasteiger partial charge on any atom is -0.279 e. The first-order chi connectivity index (χ1) is 12.7. The van der Waals surface area contributed by atoms with E-state index in [4.69, 9.17) is 0 Å². The molecule has 0 aliphatic heterocycles. The molecule has 0 amide bonds. The average Bonchev–Trinajstić information content (AvgIpc) is 3.03. The van der Waals surface area contributed by atoms with Crippen molar-refractivity contribution in [2.24, 2.45) is 0 Å². The van der Waals surface area contributed by atoms with Crippen molar-refractivity contribution in [2.75, 3.05) is 4.72 Å². The second-order valence-electron chi connectivity index (χ2n) is 5.77. The van der Waals surface area contributed by atoms with Gasteiger partial charge in [0, 0.05) is 20.4 Å². The van der Waals surface area contributed by atoms with E-state index in [2.05, 4.69) is 4.72 Å². The van der Waals surface area contributed by atoms with Gasteiger partial charge < -0.3 is 0 Å². The lowest BCUT2D eigenvalue weighted by Gasteiger charge is -2.14. The van der Waals surface area contributed by atoms with Crippen molar-refractivity contribution < 1.29 is 21.6 Å². The monoisotopic (exact) mass is 523 g/mol. The van der Waals surface area contributed by atoms with Crippen LogP contribution in [0.4, 0.5) is 18.9 Å². The van der Waals surface area contributed by atoms with E-state index < -0.39 is 27.5 Å². The Hall–Kier alpha value is -1.59. The van der Waals surface area contributed by atoms with Gasteiger partial charge in [0.05, 0.1) is 5.69 Å². The maximum Gasteiger partial charge on any atom is 0.271 e. The van der Waals surface area contributed by atoms with Crippen molar-refractivity contribution in [1.29, 1.82) is 0 Å². The third-order valence-electron chi connectivity index (χ3n) is 3.80. The molecule has 9 heteroatoms. The van der Waals surface area contributed by atoms with Crippen LogP contribution < -0.4 is 4.72 Å². The minimum atomic E-state index is -3.97. The molecule has 0 unspecified atom stereocenters. The molecule has 1 N–H and O–H groups in total. The van der Waals surface area contributed by atoms with Crippen LogP contribution in [0.25, 0.3) is 0 Å². The van der Waals surface area contributed by atoms with Crippen molar-refractivity contribution in [2.45, 2.75) is 17.6 Å². The Kier molecular flexibility index (Phi) is 5.82. The van der Waals surface area contributed by atoms with Gasteiger partial charge in [-0.1, -0.05) is 6.07 Å². The van der Waals surface area contributed by atoms with Gasteiger partial charge in [0.1, 0.15) is 10.0 Å². The fourth-order valence-corrected chi connectivity index (χ4v) is 5.30. The third-order valence-corrected chi connectivity index (χ3v) is 7.33. The van der Waals surface area contributed by atoms with Crippen LogP contribution in [0.15, 0.2) is 46.7 Å². The second-order valence-corrected chi connectivity index (χ2v) is 10.2.